The van der Waals surface area contributed by atoms with Gasteiger partial charge < -0.3 is 9.84 Å². The van der Waals surface area contributed by atoms with E-state index in [2.05, 4.69) is 15.9 Å². The van der Waals surface area contributed by atoms with Gasteiger partial charge in [-0.2, -0.15) is 0 Å². The molecule has 0 aliphatic carbocycles. The Morgan fingerprint density at radius 3 is 2.38 bits per heavy atom. The predicted molar refractivity (Wildman–Crippen MR) is 64.8 cm³/mol. The van der Waals surface area contributed by atoms with Crippen molar-refractivity contribution in [2.75, 3.05) is 18.2 Å². The molecule has 1 N–H and O–H groups in total. The largest absolute Gasteiger partial charge is 0.491 e. The molecule has 1 aromatic carbocycles. The van der Waals surface area contributed by atoms with Gasteiger partial charge in [0, 0.05) is 11.6 Å². The third kappa shape index (κ3) is 4.11. The van der Waals surface area contributed by atoms with Crippen LogP contribution in [0.25, 0.3) is 0 Å². The first-order valence-corrected chi connectivity index (χ1v) is 7.61. The van der Waals surface area contributed by atoms with Crippen LogP contribution in [0.5, 0.6) is 5.75 Å². The Hall–Kier alpha value is -0.590. The van der Waals surface area contributed by atoms with Crippen molar-refractivity contribution >= 4 is 25.8 Å². The van der Waals surface area contributed by atoms with Crippen molar-refractivity contribution < 1.29 is 18.3 Å². The van der Waals surface area contributed by atoms with Crippen LogP contribution in [0.3, 0.4) is 0 Å². The fourth-order valence-corrected chi connectivity index (χ4v) is 1.84. The van der Waals surface area contributed by atoms with Gasteiger partial charge in [-0.3, -0.25) is 0 Å². The summed E-state index contributed by atoms with van der Waals surface area (Å²) >= 11 is 3.12. The van der Waals surface area contributed by atoms with Crippen molar-refractivity contribution in [2.45, 2.75) is 11.0 Å². The van der Waals surface area contributed by atoms with Crippen molar-refractivity contribution in [3.63, 3.8) is 0 Å². The molecule has 90 valence electrons. The minimum Gasteiger partial charge on any atom is -0.491 e. The number of aliphatic hydroxyl groups is 1. The lowest BCUT2D eigenvalue weighted by Crippen LogP contribution is -2.18. The van der Waals surface area contributed by atoms with Crippen LogP contribution in [-0.4, -0.2) is 37.8 Å². The maximum atomic E-state index is 11.2. The van der Waals surface area contributed by atoms with E-state index in [0.29, 0.717) is 11.1 Å². The summed E-state index contributed by atoms with van der Waals surface area (Å²) in [5.41, 5.74) is 0. The van der Waals surface area contributed by atoms with Crippen molar-refractivity contribution in [1.29, 1.82) is 0 Å². The molecule has 0 radical (unpaired) electrons. The Labute approximate surface area is 103 Å². The maximum absolute atomic E-state index is 11.2. The molecule has 1 unspecified atom stereocenters. The Kier molecular flexibility index (Phi) is 4.76. The number of aliphatic hydroxyl groups excluding tert-OH is 1. The van der Waals surface area contributed by atoms with Crippen molar-refractivity contribution in [1.82, 2.24) is 0 Å². The van der Waals surface area contributed by atoms with Gasteiger partial charge in [0.15, 0.2) is 9.84 Å². The average molecular weight is 309 g/mol. The summed E-state index contributed by atoms with van der Waals surface area (Å²) in [5.74, 6) is 0.535. The van der Waals surface area contributed by atoms with E-state index in [4.69, 9.17) is 4.74 Å². The quantitative estimate of drug-likeness (QED) is 0.831. The van der Waals surface area contributed by atoms with Crippen LogP contribution in [0.4, 0.5) is 0 Å². The molecule has 0 heterocycles. The fourth-order valence-electron chi connectivity index (χ4n) is 1.02. The van der Waals surface area contributed by atoms with Gasteiger partial charge in [0.2, 0.25) is 0 Å². The lowest BCUT2D eigenvalue weighted by molar-refractivity contribution is 0.127. The van der Waals surface area contributed by atoms with Crippen LogP contribution in [0, 0.1) is 0 Å². The zero-order valence-electron chi connectivity index (χ0n) is 8.76. The smallest absolute Gasteiger partial charge is 0.175 e. The number of rotatable bonds is 5. The van der Waals surface area contributed by atoms with E-state index in [0.717, 1.165) is 6.26 Å². The lowest BCUT2D eigenvalue weighted by Gasteiger charge is -2.09. The summed E-state index contributed by atoms with van der Waals surface area (Å²) in [6.07, 6.45) is 0.576. The summed E-state index contributed by atoms with van der Waals surface area (Å²) in [6.45, 7) is 0.170. The van der Waals surface area contributed by atoms with Crippen LogP contribution in [0.2, 0.25) is 0 Å². The van der Waals surface area contributed by atoms with Crippen molar-refractivity contribution in [2.24, 2.45) is 0 Å². The summed E-state index contributed by atoms with van der Waals surface area (Å²) in [4.78, 5) is 0.251. The normalized spacial score (nSPS) is 13.4. The van der Waals surface area contributed by atoms with E-state index >= 15 is 0 Å². The number of benzene rings is 1. The molecule has 1 atom stereocenters. The molecule has 6 heteroatoms. The van der Waals surface area contributed by atoms with Gasteiger partial charge in [0.25, 0.3) is 0 Å². The topological polar surface area (TPSA) is 63.6 Å². The molecule has 0 aromatic heterocycles. The van der Waals surface area contributed by atoms with Gasteiger partial charge in [0.1, 0.15) is 12.4 Å². The van der Waals surface area contributed by atoms with Gasteiger partial charge in [-0.05, 0) is 24.3 Å². The number of hydrogen-bond donors (Lipinski definition) is 1. The Bertz CT molecular complexity index is 427. The van der Waals surface area contributed by atoms with Crippen LogP contribution in [0.1, 0.15) is 0 Å². The monoisotopic (exact) mass is 308 g/mol. The van der Waals surface area contributed by atoms with Crippen LogP contribution < -0.4 is 4.74 Å². The summed E-state index contributed by atoms with van der Waals surface area (Å²) in [6, 6.07) is 6.09. The average Bonchev–Trinajstić information content (AvgIpc) is 2.25. The zero-order chi connectivity index (χ0) is 12.2. The van der Waals surface area contributed by atoms with Gasteiger partial charge >= 0.3 is 0 Å². The second-order valence-electron chi connectivity index (χ2n) is 3.36. The standard InChI is InChI=1S/C10H13BrO4S/c1-16(13,14)10-4-2-9(3-5-10)15-7-8(12)6-11/h2-5,8,12H,6-7H2,1H3. The SMILES string of the molecule is CS(=O)(=O)c1ccc(OCC(O)CBr)cc1. The molecule has 0 amide bonds. The highest BCUT2D eigenvalue weighted by atomic mass is 79.9. The molecular formula is C10H13BrO4S. The van der Waals surface area contributed by atoms with Gasteiger partial charge in [-0.15, -0.1) is 0 Å². The first kappa shape index (κ1) is 13.5. The van der Waals surface area contributed by atoms with E-state index in [1.807, 2.05) is 0 Å². The van der Waals surface area contributed by atoms with Gasteiger partial charge in [0.05, 0.1) is 11.0 Å². The lowest BCUT2D eigenvalue weighted by atomic mass is 10.3. The number of halogens is 1. The minimum atomic E-state index is -3.17. The summed E-state index contributed by atoms with van der Waals surface area (Å²) < 4.78 is 27.6. The fraction of sp³-hybridized carbons (Fsp3) is 0.400. The van der Waals surface area contributed by atoms with E-state index in [1.54, 1.807) is 12.1 Å². The third-order valence-electron chi connectivity index (χ3n) is 1.87. The zero-order valence-corrected chi connectivity index (χ0v) is 11.2. The summed E-state index contributed by atoms with van der Waals surface area (Å²) in [5, 5.41) is 9.67. The van der Waals surface area contributed by atoms with Crippen LogP contribution in [0.15, 0.2) is 29.2 Å². The van der Waals surface area contributed by atoms with Gasteiger partial charge in [-0.25, -0.2) is 8.42 Å². The first-order valence-electron chi connectivity index (χ1n) is 4.60. The van der Waals surface area contributed by atoms with E-state index in [9.17, 15) is 13.5 Å². The third-order valence-corrected chi connectivity index (χ3v) is 3.75. The molecular weight excluding hydrogens is 296 g/mol. The second kappa shape index (κ2) is 5.65. The number of alkyl halides is 1. The van der Waals surface area contributed by atoms with E-state index in [-0.39, 0.29) is 11.5 Å². The number of sulfone groups is 1. The predicted octanol–water partition coefficient (Wildman–Crippen LogP) is 1.22. The Morgan fingerprint density at radius 1 is 1.38 bits per heavy atom. The molecule has 0 saturated carbocycles. The molecule has 0 fully saturated rings. The molecule has 4 nitrogen and oxygen atoms in total. The molecule has 0 aliphatic heterocycles. The summed E-state index contributed by atoms with van der Waals surface area (Å²) in [7, 11) is -3.17. The number of hydrogen-bond acceptors (Lipinski definition) is 4. The molecule has 1 aromatic rings. The van der Waals surface area contributed by atoms with E-state index < -0.39 is 15.9 Å². The minimum absolute atomic E-state index is 0.170. The Morgan fingerprint density at radius 2 is 1.94 bits per heavy atom. The van der Waals surface area contributed by atoms with Crippen molar-refractivity contribution in [3.05, 3.63) is 24.3 Å². The molecule has 0 aliphatic rings. The van der Waals surface area contributed by atoms with Crippen LogP contribution in [-0.2, 0) is 9.84 Å². The second-order valence-corrected chi connectivity index (χ2v) is 6.03. The molecule has 1 rings (SSSR count). The highest BCUT2D eigenvalue weighted by Gasteiger charge is 2.07. The molecule has 16 heavy (non-hydrogen) atoms. The van der Waals surface area contributed by atoms with Crippen LogP contribution >= 0.6 is 15.9 Å². The first-order chi connectivity index (χ1) is 7.43. The number of ether oxygens (including phenoxy) is 1. The van der Waals surface area contributed by atoms with Gasteiger partial charge in [-0.1, -0.05) is 15.9 Å². The van der Waals surface area contributed by atoms with E-state index in [1.165, 1.54) is 12.1 Å². The maximum Gasteiger partial charge on any atom is 0.175 e. The molecule has 0 bridgehead atoms. The molecule has 0 saturated heterocycles. The highest BCUT2D eigenvalue weighted by Crippen LogP contribution is 2.15. The molecule has 0 spiro atoms. The van der Waals surface area contributed by atoms with Crippen molar-refractivity contribution in [3.8, 4) is 5.75 Å². The highest BCUT2D eigenvalue weighted by molar-refractivity contribution is 9.09. The Balaban J connectivity index is 2.66.